The minimum absolute atomic E-state index is 0.189. The number of aryl methyl sites for hydroxylation is 1. The van der Waals surface area contributed by atoms with Crippen molar-refractivity contribution in [1.29, 1.82) is 0 Å². The van der Waals surface area contributed by atoms with Crippen LogP contribution in [0.2, 0.25) is 0 Å². The van der Waals surface area contributed by atoms with E-state index in [4.69, 9.17) is 0 Å². The van der Waals surface area contributed by atoms with Crippen LogP contribution in [0.5, 0.6) is 0 Å². The Morgan fingerprint density at radius 1 is 1.10 bits per heavy atom. The highest BCUT2D eigenvalue weighted by Gasteiger charge is 2.23. The molecular formula is C24H26FN3O. The van der Waals surface area contributed by atoms with Crippen molar-refractivity contribution in [1.82, 2.24) is 4.90 Å². The van der Waals surface area contributed by atoms with Gasteiger partial charge in [-0.2, -0.15) is 0 Å². The van der Waals surface area contributed by atoms with E-state index in [1.807, 2.05) is 37.1 Å². The summed E-state index contributed by atoms with van der Waals surface area (Å²) in [5.41, 5.74) is 5.11. The lowest BCUT2D eigenvalue weighted by atomic mass is 9.99. The SMILES string of the molecule is CC1=NC(CCCC(=O)N2Cc3ccc(-c4cc(C)cc(F)c4)cc3C2)CC=N1. The molecule has 2 aliphatic rings. The molecule has 4 rings (SSSR count). The van der Waals surface area contributed by atoms with Gasteiger partial charge in [0.25, 0.3) is 0 Å². The summed E-state index contributed by atoms with van der Waals surface area (Å²) in [6.45, 7) is 5.09. The fraction of sp³-hybridized carbons (Fsp3) is 0.375. The number of amides is 1. The van der Waals surface area contributed by atoms with Crippen molar-refractivity contribution in [3.63, 3.8) is 0 Å². The molecule has 4 nitrogen and oxygen atoms in total. The first-order valence-electron chi connectivity index (χ1n) is 10.2. The Kier molecular flexibility index (Phi) is 5.56. The molecule has 0 aromatic heterocycles. The first-order valence-corrected chi connectivity index (χ1v) is 10.2. The molecule has 29 heavy (non-hydrogen) atoms. The Labute approximate surface area is 171 Å². The molecule has 0 radical (unpaired) electrons. The van der Waals surface area contributed by atoms with Crippen molar-refractivity contribution < 1.29 is 9.18 Å². The van der Waals surface area contributed by atoms with Crippen LogP contribution in [0, 0.1) is 12.7 Å². The van der Waals surface area contributed by atoms with Crippen LogP contribution in [0.15, 0.2) is 46.4 Å². The van der Waals surface area contributed by atoms with Gasteiger partial charge in [0.05, 0.1) is 6.04 Å². The van der Waals surface area contributed by atoms with E-state index in [2.05, 4.69) is 22.1 Å². The number of carbonyl (C=O) groups excluding carboxylic acids is 1. The van der Waals surface area contributed by atoms with Crippen molar-refractivity contribution in [2.75, 3.05) is 0 Å². The van der Waals surface area contributed by atoms with Gasteiger partial charge in [-0.25, -0.2) is 9.38 Å². The van der Waals surface area contributed by atoms with Crippen LogP contribution in [0.4, 0.5) is 4.39 Å². The fourth-order valence-corrected chi connectivity index (χ4v) is 4.14. The highest BCUT2D eigenvalue weighted by Crippen LogP contribution is 2.30. The van der Waals surface area contributed by atoms with E-state index < -0.39 is 0 Å². The van der Waals surface area contributed by atoms with E-state index in [1.165, 1.54) is 11.6 Å². The molecule has 5 heteroatoms. The number of amidine groups is 1. The Morgan fingerprint density at radius 2 is 1.93 bits per heavy atom. The minimum Gasteiger partial charge on any atom is -0.334 e. The van der Waals surface area contributed by atoms with Crippen molar-refractivity contribution in [2.45, 2.75) is 58.7 Å². The highest BCUT2D eigenvalue weighted by molar-refractivity contribution is 5.89. The quantitative estimate of drug-likeness (QED) is 0.701. The molecule has 0 bridgehead atoms. The van der Waals surface area contributed by atoms with Gasteiger partial charge < -0.3 is 4.90 Å². The molecule has 0 N–H and O–H groups in total. The Balaban J connectivity index is 1.36. The number of fused-ring (bicyclic) bond motifs is 1. The summed E-state index contributed by atoms with van der Waals surface area (Å²) < 4.78 is 13.8. The van der Waals surface area contributed by atoms with Crippen LogP contribution in [-0.4, -0.2) is 28.9 Å². The topological polar surface area (TPSA) is 45.0 Å². The third-order valence-electron chi connectivity index (χ3n) is 5.61. The maximum absolute atomic E-state index is 13.8. The van der Waals surface area contributed by atoms with Gasteiger partial charge in [0.15, 0.2) is 0 Å². The summed E-state index contributed by atoms with van der Waals surface area (Å²) in [6, 6.07) is 11.5. The zero-order valence-electron chi connectivity index (χ0n) is 17.0. The molecule has 0 spiro atoms. The van der Waals surface area contributed by atoms with Gasteiger partial charge in [-0.3, -0.25) is 9.79 Å². The molecular weight excluding hydrogens is 365 g/mol. The van der Waals surface area contributed by atoms with Crippen LogP contribution >= 0.6 is 0 Å². The summed E-state index contributed by atoms with van der Waals surface area (Å²) in [4.78, 5) is 23.3. The highest BCUT2D eigenvalue weighted by atomic mass is 19.1. The third kappa shape index (κ3) is 4.61. The van der Waals surface area contributed by atoms with Gasteiger partial charge in [0, 0.05) is 32.1 Å². The Morgan fingerprint density at radius 3 is 2.72 bits per heavy atom. The second kappa shape index (κ2) is 8.27. The van der Waals surface area contributed by atoms with Crippen molar-refractivity contribution >= 4 is 18.0 Å². The standard InChI is InChI=1S/C24H26FN3O/c1-16-10-20(13-22(25)11-16)18-6-7-19-14-28(15-21(19)12-18)24(29)5-3-4-23-8-9-26-17(2)27-23/h6-7,9-13,23H,3-5,8,14-15H2,1-2H3. The molecule has 1 atom stereocenters. The summed E-state index contributed by atoms with van der Waals surface area (Å²) in [7, 11) is 0. The predicted molar refractivity (Wildman–Crippen MR) is 115 cm³/mol. The summed E-state index contributed by atoms with van der Waals surface area (Å²) in [6.07, 6.45) is 5.09. The number of carbonyl (C=O) groups is 1. The van der Waals surface area contributed by atoms with Gasteiger partial charge >= 0.3 is 0 Å². The number of hydrogen-bond donors (Lipinski definition) is 0. The molecule has 0 aliphatic carbocycles. The predicted octanol–water partition coefficient (Wildman–Crippen LogP) is 5.08. The largest absolute Gasteiger partial charge is 0.334 e. The molecule has 0 saturated carbocycles. The zero-order valence-corrected chi connectivity index (χ0v) is 17.0. The van der Waals surface area contributed by atoms with E-state index in [0.29, 0.717) is 19.5 Å². The van der Waals surface area contributed by atoms with Gasteiger partial charge in [-0.1, -0.05) is 18.2 Å². The van der Waals surface area contributed by atoms with E-state index in [0.717, 1.165) is 47.4 Å². The monoisotopic (exact) mass is 391 g/mol. The van der Waals surface area contributed by atoms with Gasteiger partial charge in [0.2, 0.25) is 5.91 Å². The van der Waals surface area contributed by atoms with Crippen molar-refractivity contribution in [2.24, 2.45) is 9.98 Å². The van der Waals surface area contributed by atoms with E-state index in [-0.39, 0.29) is 17.8 Å². The second-order valence-electron chi connectivity index (χ2n) is 8.02. The van der Waals surface area contributed by atoms with Gasteiger partial charge in [0.1, 0.15) is 11.7 Å². The number of aliphatic imine (C=N–C) groups is 2. The summed E-state index contributed by atoms with van der Waals surface area (Å²) >= 11 is 0. The molecule has 2 heterocycles. The molecule has 2 aromatic rings. The number of benzene rings is 2. The Hall–Kier alpha value is -2.82. The summed E-state index contributed by atoms with van der Waals surface area (Å²) in [5, 5.41) is 0. The van der Waals surface area contributed by atoms with Crippen LogP contribution in [0.1, 0.15) is 49.3 Å². The van der Waals surface area contributed by atoms with Crippen LogP contribution in [-0.2, 0) is 17.9 Å². The molecule has 2 aromatic carbocycles. The maximum atomic E-state index is 13.8. The van der Waals surface area contributed by atoms with Gasteiger partial charge in [-0.05, 0) is 72.7 Å². The lowest BCUT2D eigenvalue weighted by Crippen LogP contribution is -2.25. The van der Waals surface area contributed by atoms with E-state index in [1.54, 1.807) is 6.07 Å². The normalized spacial score (nSPS) is 18.0. The van der Waals surface area contributed by atoms with E-state index in [9.17, 15) is 9.18 Å². The molecule has 0 fully saturated rings. The van der Waals surface area contributed by atoms with Crippen LogP contribution in [0.25, 0.3) is 11.1 Å². The average Bonchev–Trinajstić information content (AvgIpc) is 3.10. The summed E-state index contributed by atoms with van der Waals surface area (Å²) in [5.74, 6) is 0.794. The second-order valence-corrected chi connectivity index (χ2v) is 8.02. The van der Waals surface area contributed by atoms with Crippen LogP contribution < -0.4 is 0 Å². The number of halogens is 1. The number of nitrogens with zero attached hydrogens (tertiary/aromatic N) is 3. The lowest BCUT2D eigenvalue weighted by Gasteiger charge is -2.17. The maximum Gasteiger partial charge on any atom is 0.223 e. The number of rotatable bonds is 5. The lowest BCUT2D eigenvalue weighted by molar-refractivity contribution is -0.131. The molecule has 150 valence electrons. The molecule has 1 unspecified atom stereocenters. The van der Waals surface area contributed by atoms with Crippen molar-refractivity contribution in [3.05, 3.63) is 58.9 Å². The minimum atomic E-state index is -0.221. The number of hydrogen-bond acceptors (Lipinski definition) is 3. The first kappa shape index (κ1) is 19.5. The molecule has 1 amide bonds. The molecule has 2 aliphatic heterocycles. The fourth-order valence-electron chi connectivity index (χ4n) is 4.14. The molecule has 0 saturated heterocycles. The average molecular weight is 391 g/mol. The zero-order chi connectivity index (χ0) is 20.4. The van der Waals surface area contributed by atoms with Gasteiger partial charge in [-0.15, -0.1) is 0 Å². The van der Waals surface area contributed by atoms with Crippen LogP contribution in [0.3, 0.4) is 0 Å². The first-order chi connectivity index (χ1) is 14.0. The third-order valence-corrected chi connectivity index (χ3v) is 5.61. The van der Waals surface area contributed by atoms with E-state index >= 15 is 0 Å². The van der Waals surface area contributed by atoms with Crippen molar-refractivity contribution in [3.8, 4) is 11.1 Å². The smallest absolute Gasteiger partial charge is 0.223 e. The Bertz CT molecular complexity index is 975.